The minimum absolute atomic E-state index is 0.106. The summed E-state index contributed by atoms with van der Waals surface area (Å²) < 4.78 is 16.5. The van der Waals surface area contributed by atoms with Crippen LogP contribution in [0.5, 0.6) is 0 Å². The maximum Gasteiger partial charge on any atom is 0.257 e. The zero-order valence-corrected chi connectivity index (χ0v) is 20.8. The molecule has 2 aromatic carbocycles. The van der Waals surface area contributed by atoms with Gasteiger partial charge in [0, 0.05) is 37.0 Å². The van der Waals surface area contributed by atoms with Gasteiger partial charge in [0.05, 0.1) is 11.1 Å². The first-order valence-electron chi connectivity index (χ1n) is 13.0. The number of piperazine rings is 1. The number of benzene rings is 2. The number of hydrogen-bond acceptors (Lipinski definition) is 5. The van der Waals surface area contributed by atoms with Crippen molar-refractivity contribution in [2.45, 2.75) is 57.9 Å². The average molecular weight is 487 g/mol. The molecule has 1 aliphatic carbocycles. The lowest BCUT2D eigenvalue weighted by Gasteiger charge is -2.40. The molecule has 1 saturated heterocycles. The van der Waals surface area contributed by atoms with E-state index in [1.54, 1.807) is 23.1 Å². The fourth-order valence-electron chi connectivity index (χ4n) is 5.82. The van der Waals surface area contributed by atoms with E-state index in [4.69, 9.17) is 10.1 Å². The van der Waals surface area contributed by atoms with Crippen molar-refractivity contribution in [1.29, 1.82) is 0 Å². The largest absolute Gasteiger partial charge is 0.338 e. The number of hydrogen-bond donors (Lipinski definition) is 0. The predicted molar refractivity (Wildman–Crippen MR) is 138 cm³/mol. The highest BCUT2D eigenvalue weighted by Crippen LogP contribution is 2.35. The Labute approximate surface area is 209 Å². The minimum Gasteiger partial charge on any atom is -0.338 e. The molecule has 1 aliphatic heterocycles. The maximum atomic E-state index is 14.3. The summed E-state index contributed by atoms with van der Waals surface area (Å²) >= 11 is 0. The average Bonchev–Trinajstić information content (AvgIpc) is 3.34. The van der Waals surface area contributed by atoms with Crippen molar-refractivity contribution in [3.63, 3.8) is 0 Å². The van der Waals surface area contributed by atoms with E-state index in [-0.39, 0.29) is 17.5 Å². The van der Waals surface area contributed by atoms with Crippen LogP contribution in [0.3, 0.4) is 0 Å². The number of carbonyl (C=O) groups excluding carboxylic acids is 1. The van der Waals surface area contributed by atoms with Crippen LogP contribution in [-0.4, -0.2) is 56.1 Å². The number of amides is 1. The molecule has 0 radical (unpaired) electrons. The molecule has 2 aliphatic rings. The Hall–Kier alpha value is -3.55. The second kappa shape index (κ2) is 9.15. The van der Waals surface area contributed by atoms with Crippen molar-refractivity contribution in [3.8, 4) is 0 Å². The first-order valence-corrected chi connectivity index (χ1v) is 13.0. The molecule has 2 fully saturated rings. The van der Waals surface area contributed by atoms with E-state index in [9.17, 15) is 9.18 Å². The van der Waals surface area contributed by atoms with Gasteiger partial charge in [-0.2, -0.15) is 0 Å². The first-order chi connectivity index (χ1) is 17.5. The summed E-state index contributed by atoms with van der Waals surface area (Å²) in [5.74, 6) is 1.45. The van der Waals surface area contributed by atoms with Gasteiger partial charge in [-0.1, -0.05) is 43.0 Å². The maximum absolute atomic E-state index is 14.3. The van der Waals surface area contributed by atoms with Crippen LogP contribution in [0.2, 0.25) is 0 Å². The number of aryl methyl sites for hydroxylation is 1. The smallest absolute Gasteiger partial charge is 0.257 e. The van der Waals surface area contributed by atoms with Crippen molar-refractivity contribution < 1.29 is 9.18 Å². The predicted octanol–water partition coefficient (Wildman–Crippen LogP) is 5.12. The van der Waals surface area contributed by atoms with Crippen LogP contribution in [0.1, 0.15) is 66.7 Å². The zero-order valence-electron chi connectivity index (χ0n) is 20.8. The topological polar surface area (TPSA) is 66.6 Å². The lowest BCUT2D eigenvalue weighted by Crippen LogP contribution is -2.54. The standard InChI is InChI=1S/C28H31FN6O/c1-18-12-13-24-22(16-18)26-32-31-25(20-8-4-3-5-9-20)35(26)28(30-24)33-14-15-34(19(2)17-33)27(36)21-10-6-7-11-23(21)29/h6-7,10-13,16,19-20H,3-5,8-9,14-15,17H2,1-2H3/t19-/m0/s1. The summed E-state index contributed by atoms with van der Waals surface area (Å²) in [4.78, 5) is 22.3. The van der Waals surface area contributed by atoms with Crippen molar-refractivity contribution >= 4 is 28.4 Å². The molecule has 0 unspecified atom stereocenters. The van der Waals surface area contributed by atoms with Crippen LogP contribution in [0.4, 0.5) is 10.3 Å². The van der Waals surface area contributed by atoms with Crippen molar-refractivity contribution in [2.75, 3.05) is 24.5 Å². The molecule has 2 aromatic heterocycles. The normalized spacial score (nSPS) is 19.4. The minimum atomic E-state index is -0.480. The molecule has 36 heavy (non-hydrogen) atoms. The summed E-state index contributed by atoms with van der Waals surface area (Å²) in [6, 6.07) is 12.3. The highest BCUT2D eigenvalue weighted by Gasteiger charge is 2.32. The molecule has 0 spiro atoms. The second-order valence-electron chi connectivity index (χ2n) is 10.3. The zero-order chi connectivity index (χ0) is 24.8. The van der Waals surface area contributed by atoms with Crippen molar-refractivity contribution in [3.05, 3.63) is 65.2 Å². The molecule has 1 amide bonds. The number of rotatable bonds is 3. The van der Waals surface area contributed by atoms with Crippen LogP contribution in [0, 0.1) is 12.7 Å². The van der Waals surface area contributed by atoms with Gasteiger partial charge in [0.1, 0.15) is 11.6 Å². The van der Waals surface area contributed by atoms with E-state index in [1.807, 2.05) is 13.0 Å². The third kappa shape index (κ3) is 3.88. The number of aromatic nitrogens is 4. The van der Waals surface area contributed by atoms with Crippen LogP contribution in [-0.2, 0) is 0 Å². The van der Waals surface area contributed by atoms with Gasteiger partial charge in [-0.15, -0.1) is 10.2 Å². The Morgan fingerprint density at radius 2 is 1.83 bits per heavy atom. The molecule has 3 heterocycles. The van der Waals surface area contributed by atoms with Gasteiger partial charge in [-0.25, -0.2) is 13.8 Å². The summed E-state index contributed by atoms with van der Waals surface area (Å²) in [6.07, 6.45) is 5.93. The lowest BCUT2D eigenvalue weighted by atomic mass is 9.89. The monoisotopic (exact) mass is 486 g/mol. The van der Waals surface area contributed by atoms with Crippen molar-refractivity contribution in [2.24, 2.45) is 0 Å². The third-order valence-corrected chi connectivity index (χ3v) is 7.75. The van der Waals surface area contributed by atoms with Gasteiger partial charge in [0.25, 0.3) is 5.91 Å². The number of halogens is 1. The molecule has 7 nitrogen and oxygen atoms in total. The molecule has 186 valence electrons. The molecule has 6 rings (SSSR count). The van der Waals surface area contributed by atoms with E-state index in [1.165, 1.54) is 25.3 Å². The molecule has 8 heteroatoms. The van der Waals surface area contributed by atoms with Gasteiger partial charge in [0.2, 0.25) is 5.95 Å². The Kier molecular flexibility index (Phi) is 5.82. The van der Waals surface area contributed by atoms with Gasteiger partial charge in [0.15, 0.2) is 5.65 Å². The highest BCUT2D eigenvalue weighted by molar-refractivity contribution is 5.95. The fourth-order valence-corrected chi connectivity index (χ4v) is 5.82. The quantitative estimate of drug-likeness (QED) is 0.402. The molecule has 1 atom stereocenters. The van der Waals surface area contributed by atoms with Crippen LogP contribution < -0.4 is 4.90 Å². The number of anilines is 1. The summed E-state index contributed by atoms with van der Waals surface area (Å²) in [5, 5.41) is 10.4. The van der Waals surface area contributed by atoms with Gasteiger partial charge < -0.3 is 9.80 Å². The Balaban J connectivity index is 1.39. The summed E-state index contributed by atoms with van der Waals surface area (Å²) in [5.41, 5.74) is 3.02. The molecule has 0 N–H and O–H groups in total. The SMILES string of the molecule is Cc1ccc2nc(N3CCN(C(=O)c4ccccc4F)[C@@H](C)C3)n3c(C4CCCCC4)nnc3c2c1. The van der Waals surface area contributed by atoms with Gasteiger partial charge in [-0.3, -0.25) is 4.79 Å². The first kappa shape index (κ1) is 22.9. The van der Waals surface area contributed by atoms with E-state index >= 15 is 0 Å². The molecular weight excluding hydrogens is 455 g/mol. The summed E-state index contributed by atoms with van der Waals surface area (Å²) in [7, 11) is 0. The molecule has 0 bridgehead atoms. The fraction of sp³-hybridized carbons (Fsp3) is 0.429. The second-order valence-corrected chi connectivity index (χ2v) is 10.3. The Bertz CT molecular complexity index is 1440. The Morgan fingerprint density at radius 3 is 2.61 bits per heavy atom. The highest BCUT2D eigenvalue weighted by atomic mass is 19.1. The van der Waals surface area contributed by atoms with E-state index in [0.717, 1.165) is 46.7 Å². The van der Waals surface area contributed by atoms with E-state index in [0.29, 0.717) is 25.6 Å². The number of fused-ring (bicyclic) bond motifs is 3. The number of nitrogens with zero attached hydrogens (tertiary/aromatic N) is 6. The Morgan fingerprint density at radius 1 is 1.03 bits per heavy atom. The van der Waals surface area contributed by atoms with Crippen LogP contribution in [0.15, 0.2) is 42.5 Å². The van der Waals surface area contributed by atoms with E-state index < -0.39 is 5.82 Å². The third-order valence-electron chi connectivity index (χ3n) is 7.75. The van der Waals surface area contributed by atoms with Gasteiger partial charge in [-0.05, 0) is 51.0 Å². The molecule has 4 aromatic rings. The molecular formula is C28H31FN6O. The van der Waals surface area contributed by atoms with Crippen LogP contribution >= 0.6 is 0 Å². The number of carbonyl (C=O) groups is 1. The van der Waals surface area contributed by atoms with Gasteiger partial charge >= 0.3 is 0 Å². The molecule has 1 saturated carbocycles. The van der Waals surface area contributed by atoms with Crippen molar-refractivity contribution in [1.82, 2.24) is 24.5 Å². The summed E-state index contributed by atoms with van der Waals surface area (Å²) in [6.45, 7) is 5.79. The van der Waals surface area contributed by atoms with E-state index in [2.05, 4.69) is 33.5 Å². The van der Waals surface area contributed by atoms with Crippen LogP contribution in [0.25, 0.3) is 16.6 Å². The lowest BCUT2D eigenvalue weighted by molar-refractivity contribution is 0.0668.